The minimum absolute atomic E-state index is 0.00180. The SMILES string of the molecule is CN(CCCC(=O)O)C(=O)c1ccccc1-c1c2cc/c(=N/CCc3ccc(S(=O)(=O)O)cc3O)cc-2oc2cc(NCCc3ccc(S(=O)(=O)O)cc3S(=O)(=O)O)ccc12. The Bertz CT molecular complexity index is 3060. The monoisotopic (exact) mass is 893 g/mol. The normalized spacial score (nSPS) is 12.5. The van der Waals surface area contributed by atoms with Gasteiger partial charge in [0.15, 0.2) is 0 Å². The number of carboxylic acid groups (broad SMARTS) is 1. The van der Waals surface area contributed by atoms with Gasteiger partial charge in [0, 0.05) is 79.1 Å². The van der Waals surface area contributed by atoms with Gasteiger partial charge in [0.25, 0.3) is 36.3 Å². The van der Waals surface area contributed by atoms with Crippen molar-refractivity contribution in [2.45, 2.75) is 40.4 Å². The molecule has 0 saturated carbocycles. The summed E-state index contributed by atoms with van der Waals surface area (Å²) in [7, 11) is -12.5. The summed E-state index contributed by atoms with van der Waals surface area (Å²) in [5.41, 5.74) is 3.52. The number of amides is 1. The molecule has 0 fully saturated rings. The molecule has 4 aromatic carbocycles. The fourth-order valence-electron chi connectivity index (χ4n) is 6.74. The summed E-state index contributed by atoms with van der Waals surface area (Å²) < 4.78 is 105. The van der Waals surface area contributed by atoms with E-state index in [1.165, 1.54) is 23.1 Å². The van der Waals surface area contributed by atoms with Gasteiger partial charge in [0.2, 0.25) is 0 Å². The summed E-state index contributed by atoms with van der Waals surface area (Å²) in [5, 5.41) is 23.7. The number of phenols is 1. The molecule has 0 bridgehead atoms. The van der Waals surface area contributed by atoms with Crippen LogP contribution in [0.15, 0.2) is 121 Å². The number of hydrogen-bond acceptors (Lipinski definition) is 12. The minimum Gasteiger partial charge on any atom is -0.508 e. The van der Waals surface area contributed by atoms with Gasteiger partial charge in [-0.2, -0.15) is 25.3 Å². The number of anilines is 1. The fourth-order valence-corrected chi connectivity index (χ4v) is 8.60. The van der Waals surface area contributed by atoms with E-state index in [0.29, 0.717) is 61.7 Å². The average Bonchev–Trinajstić information content (AvgIpc) is 3.19. The Morgan fingerprint density at radius 3 is 2.11 bits per heavy atom. The Hall–Kier alpha value is -6.16. The number of aromatic hydroxyl groups is 1. The number of rotatable bonds is 16. The van der Waals surface area contributed by atoms with Crippen LogP contribution in [-0.2, 0) is 48.0 Å². The molecule has 17 nitrogen and oxygen atoms in total. The third-order valence-corrected chi connectivity index (χ3v) is 12.4. The highest BCUT2D eigenvalue weighted by Crippen LogP contribution is 2.42. The zero-order chi connectivity index (χ0) is 44.3. The van der Waals surface area contributed by atoms with Gasteiger partial charge < -0.3 is 24.8 Å². The third kappa shape index (κ3) is 10.6. The zero-order valence-corrected chi connectivity index (χ0v) is 34.7. The van der Waals surface area contributed by atoms with Crippen molar-refractivity contribution >= 4 is 58.9 Å². The van der Waals surface area contributed by atoms with Crippen molar-refractivity contribution < 1.29 is 63.1 Å². The molecule has 0 unspecified atom stereocenters. The topological polar surface area (TPSA) is 278 Å². The zero-order valence-electron chi connectivity index (χ0n) is 32.2. The van der Waals surface area contributed by atoms with Crippen molar-refractivity contribution in [3.8, 4) is 28.2 Å². The van der Waals surface area contributed by atoms with Crippen LogP contribution < -0.4 is 10.7 Å². The number of hydrogen-bond donors (Lipinski definition) is 6. The first-order chi connectivity index (χ1) is 28.7. The highest BCUT2D eigenvalue weighted by Gasteiger charge is 2.24. The molecule has 0 radical (unpaired) electrons. The number of carbonyl (C=O) groups excluding carboxylic acids is 1. The lowest BCUT2D eigenvalue weighted by Crippen LogP contribution is -2.28. The Balaban J connectivity index is 1.38. The highest BCUT2D eigenvalue weighted by atomic mass is 32.2. The van der Waals surface area contributed by atoms with E-state index in [9.17, 15) is 53.6 Å². The van der Waals surface area contributed by atoms with E-state index in [1.807, 2.05) is 0 Å². The number of fused-ring (bicyclic) bond motifs is 2. The van der Waals surface area contributed by atoms with E-state index in [0.717, 1.165) is 12.1 Å². The van der Waals surface area contributed by atoms with Crippen LogP contribution in [-0.4, -0.2) is 92.6 Å². The van der Waals surface area contributed by atoms with E-state index < -0.39 is 51.0 Å². The summed E-state index contributed by atoms with van der Waals surface area (Å²) in [6, 6.07) is 23.8. The molecule has 6 rings (SSSR count). The van der Waals surface area contributed by atoms with Gasteiger partial charge in [0.05, 0.1) is 20.0 Å². The summed E-state index contributed by atoms with van der Waals surface area (Å²) >= 11 is 0. The number of carboxylic acids is 1. The average molecular weight is 894 g/mol. The van der Waals surface area contributed by atoms with Crippen molar-refractivity contribution in [2.75, 3.05) is 32.0 Å². The van der Waals surface area contributed by atoms with Gasteiger partial charge in [-0.25, -0.2) is 0 Å². The van der Waals surface area contributed by atoms with Gasteiger partial charge in [-0.3, -0.25) is 28.2 Å². The van der Waals surface area contributed by atoms with Crippen molar-refractivity contribution in [3.63, 3.8) is 0 Å². The Morgan fingerprint density at radius 1 is 0.754 bits per heavy atom. The third-order valence-electron chi connectivity index (χ3n) is 9.73. The maximum Gasteiger partial charge on any atom is 0.303 e. The standard InChI is InChI=1S/C41H39N3O14S3/c1-44(20-4-7-39(46)47)41(48)32-6-3-2-5-31(32)40-33-14-10-27(42-18-16-25-8-12-29(23-35(25)45)59(49,50)51)21-36(33)58-37-22-28(11-15-34(37)40)43-19-17-26-9-13-30(60(52,53)54)24-38(26)61(55,56)57/h2-3,5-6,8-15,21-24,43,45H,4,7,16-20H2,1H3,(H,46,47)(H,49,50,51)(H,52,53,54)(H,55,56,57)/b42-27-. The van der Waals surface area contributed by atoms with E-state index in [-0.39, 0.29) is 62.5 Å². The second-order valence-electron chi connectivity index (χ2n) is 13.9. The molecule has 320 valence electrons. The van der Waals surface area contributed by atoms with Crippen LogP contribution in [0, 0.1) is 0 Å². The maximum atomic E-state index is 13.9. The number of benzene rings is 5. The quantitative estimate of drug-likeness (QED) is 0.0525. The van der Waals surface area contributed by atoms with Crippen molar-refractivity contribution in [2.24, 2.45) is 4.99 Å². The second kappa shape index (κ2) is 17.8. The summed E-state index contributed by atoms with van der Waals surface area (Å²) in [6.45, 7) is 0.467. The molecular weight excluding hydrogens is 855 g/mol. The van der Waals surface area contributed by atoms with E-state index in [2.05, 4.69) is 10.3 Å². The fraction of sp³-hybridized carbons (Fsp3) is 0.195. The first kappa shape index (κ1) is 44.4. The van der Waals surface area contributed by atoms with Crippen LogP contribution in [0.25, 0.3) is 33.4 Å². The largest absolute Gasteiger partial charge is 0.508 e. The van der Waals surface area contributed by atoms with Crippen LogP contribution in [0.5, 0.6) is 5.75 Å². The first-order valence-corrected chi connectivity index (χ1v) is 22.7. The van der Waals surface area contributed by atoms with Gasteiger partial charge in [0.1, 0.15) is 17.1 Å². The van der Waals surface area contributed by atoms with Crippen LogP contribution >= 0.6 is 0 Å². The molecule has 1 aliphatic carbocycles. The Kier molecular flexibility index (Phi) is 13.0. The van der Waals surface area contributed by atoms with Crippen molar-refractivity contribution in [3.05, 3.63) is 119 Å². The molecule has 1 aliphatic heterocycles. The summed E-state index contributed by atoms with van der Waals surface area (Å²) in [6.07, 6.45) is 0.362. The van der Waals surface area contributed by atoms with Gasteiger partial charge in [-0.1, -0.05) is 30.3 Å². The number of carbonyl (C=O) groups is 2. The van der Waals surface area contributed by atoms with E-state index in [1.54, 1.807) is 67.7 Å². The molecule has 0 atom stereocenters. The van der Waals surface area contributed by atoms with Crippen LogP contribution in [0.3, 0.4) is 0 Å². The molecule has 61 heavy (non-hydrogen) atoms. The Labute approximate surface area is 350 Å². The number of nitrogens with one attached hydrogen (secondary N) is 1. The number of aliphatic carboxylic acids is 1. The van der Waals surface area contributed by atoms with Gasteiger partial charge >= 0.3 is 5.97 Å². The molecule has 6 N–H and O–H groups in total. The van der Waals surface area contributed by atoms with E-state index in [4.69, 9.17) is 9.52 Å². The summed E-state index contributed by atoms with van der Waals surface area (Å²) in [4.78, 5) is 29.3. The molecule has 2 aliphatic rings. The van der Waals surface area contributed by atoms with Crippen molar-refractivity contribution in [1.82, 2.24) is 4.90 Å². The van der Waals surface area contributed by atoms with Gasteiger partial charge in [-0.15, -0.1) is 0 Å². The van der Waals surface area contributed by atoms with Crippen LogP contribution in [0.1, 0.15) is 34.3 Å². The molecule has 1 amide bonds. The molecular formula is C41H39N3O14S3. The van der Waals surface area contributed by atoms with Crippen LogP contribution in [0.2, 0.25) is 0 Å². The lowest BCUT2D eigenvalue weighted by Gasteiger charge is -2.21. The predicted octanol–water partition coefficient (Wildman–Crippen LogP) is 5.39. The number of phenolic OH excluding ortho intramolecular Hbond substituents is 1. The molecule has 1 heterocycles. The first-order valence-electron chi connectivity index (χ1n) is 18.4. The van der Waals surface area contributed by atoms with Crippen molar-refractivity contribution in [1.29, 1.82) is 0 Å². The smallest absolute Gasteiger partial charge is 0.303 e. The van der Waals surface area contributed by atoms with E-state index >= 15 is 0 Å². The maximum absolute atomic E-state index is 13.9. The second-order valence-corrected chi connectivity index (χ2v) is 18.2. The molecule has 4 aromatic rings. The Morgan fingerprint density at radius 2 is 1.44 bits per heavy atom. The molecule has 0 spiro atoms. The highest BCUT2D eigenvalue weighted by molar-refractivity contribution is 7.86. The lowest BCUT2D eigenvalue weighted by molar-refractivity contribution is -0.137. The lowest BCUT2D eigenvalue weighted by atomic mass is 9.90. The molecule has 0 aromatic heterocycles. The van der Waals surface area contributed by atoms with Gasteiger partial charge in [-0.05, 0) is 84.5 Å². The van der Waals surface area contributed by atoms with Crippen LogP contribution in [0.4, 0.5) is 5.69 Å². The number of nitrogens with zero attached hydrogens (tertiary/aromatic N) is 2. The predicted molar refractivity (Wildman–Crippen MR) is 222 cm³/mol. The minimum atomic E-state index is -4.86. The molecule has 0 saturated heterocycles. The summed E-state index contributed by atoms with van der Waals surface area (Å²) in [5.74, 6) is -1.27. The molecule has 20 heteroatoms.